The zero-order valence-electron chi connectivity index (χ0n) is 11.8. The first kappa shape index (κ1) is 15.9. The molecule has 3 rings (SSSR count). The van der Waals surface area contributed by atoms with E-state index >= 15 is 0 Å². The van der Waals surface area contributed by atoms with E-state index in [1.54, 1.807) is 12.1 Å². The summed E-state index contributed by atoms with van der Waals surface area (Å²) in [6, 6.07) is 14.7. The number of anilines is 1. The maximum Gasteiger partial charge on any atom is 0.259 e. The van der Waals surface area contributed by atoms with Crippen LogP contribution in [-0.4, -0.2) is 16.1 Å². The largest absolute Gasteiger partial charge is 0.296 e. The Balaban J connectivity index is 1.71. The number of aromatic nitrogens is 2. The Kier molecular flexibility index (Phi) is 4.91. The van der Waals surface area contributed by atoms with Crippen molar-refractivity contribution in [1.82, 2.24) is 10.2 Å². The topological polar surface area (TPSA) is 54.9 Å². The molecule has 0 aliphatic carbocycles. The van der Waals surface area contributed by atoms with Gasteiger partial charge in [-0.15, -0.1) is 10.2 Å². The molecule has 1 amide bonds. The average Bonchev–Trinajstić information content (AvgIpc) is 2.97. The molecule has 0 fully saturated rings. The number of nitrogens with zero attached hydrogens (tertiary/aromatic N) is 2. The van der Waals surface area contributed by atoms with Crippen molar-refractivity contribution in [2.45, 2.75) is 6.42 Å². The zero-order valence-corrected chi connectivity index (χ0v) is 14.1. The number of hydrogen-bond donors (Lipinski definition) is 1. The molecule has 0 saturated carbocycles. The molecule has 23 heavy (non-hydrogen) atoms. The molecule has 0 bridgehead atoms. The van der Waals surface area contributed by atoms with Crippen LogP contribution in [-0.2, 0) is 6.42 Å². The summed E-state index contributed by atoms with van der Waals surface area (Å²) in [5.41, 5.74) is 1.44. The van der Waals surface area contributed by atoms with Crippen LogP contribution < -0.4 is 5.32 Å². The third kappa shape index (κ3) is 4.07. The Hall–Kier alpha value is -1.95. The lowest BCUT2D eigenvalue weighted by Crippen LogP contribution is -2.12. The fourth-order valence-electron chi connectivity index (χ4n) is 1.98. The second-order valence-electron chi connectivity index (χ2n) is 4.74. The standard InChI is InChI=1S/C16H11Cl2N3OS/c17-11-6-7-13(18)12(9-11)15(22)19-16-21-20-14(23-16)8-10-4-2-1-3-5-10/h1-7,9H,8H2,(H,19,21,22). The van der Waals surface area contributed by atoms with E-state index in [1.807, 2.05) is 30.3 Å². The maximum absolute atomic E-state index is 12.2. The molecule has 4 nitrogen and oxygen atoms in total. The smallest absolute Gasteiger partial charge is 0.259 e. The summed E-state index contributed by atoms with van der Waals surface area (Å²) in [5, 5.41) is 12.8. The predicted octanol–water partition coefficient (Wildman–Crippen LogP) is 4.69. The number of carbonyl (C=O) groups is 1. The van der Waals surface area contributed by atoms with Gasteiger partial charge in [0.05, 0.1) is 10.6 Å². The number of halogens is 2. The van der Waals surface area contributed by atoms with E-state index in [9.17, 15) is 4.79 Å². The fourth-order valence-corrected chi connectivity index (χ4v) is 3.13. The Morgan fingerprint density at radius 2 is 1.87 bits per heavy atom. The molecule has 0 atom stereocenters. The highest BCUT2D eigenvalue weighted by Gasteiger charge is 2.14. The molecule has 1 N–H and O–H groups in total. The summed E-state index contributed by atoms with van der Waals surface area (Å²) < 4.78 is 0. The van der Waals surface area contributed by atoms with Gasteiger partial charge in [-0.3, -0.25) is 10.1 Å². The van der Waals surface area contributed by atoms with Gasteiger partial charge in [0.25, 0.3) is 5.91 Å². The number of nitrogens with one attached hydrogen (secondary N) is 1. The number of rotatable bonds is 4. The van der Waals surface area contributed by atoms with Crippen LogP contribution in [0.25, 0.3) is 0 Å². The molecule has 0 radical (unpaired) electrons. The number of amides is 1. The van der Waals surface area contributed by atoms with Crippen molar-refractivity contribution >= 4 is 45.6 Å². The number of benzene rings is 2. The highest BCUT2D eigenvalue weighted by Crippen LogP contribution is 2.23. The van der Waals surface area contributed by atoms with Gasteiger partial charge in [0.1, 0.15) is 5.01 Å². The van der Waals surface area contributed by atoms with Crippen LogP contribution in [0.4, 0.5) is 5.13 Å². The van der Waals surface area contributed by atoms with Gasteiger partial charge >= 0.3 is 0 Å². The van der Waals surface area contributed by atoms with Crippen LogP contribution in [0.5, 0.6) is 0 Å². The lowest BCUT2D eigenvalue weighted by molar-refractivity contribution is 0.102. The van der Waals surface area contributed by atoms with Crippen LogP contribution >= 0.6 is 34.5 Å². The van der Waals surface area contributed by atoms with Crippen molar-refractivity contribution in [2.75, 3.05) is 5.32 Å². The van der Waals surface area contributed by atoms with E-state index in [4.69, 9.17) is 23.2 Å². The number of hydrogen-bond acceptors (Lipinski definition) is 4. The Bertz CT molecular complexity index is 836. The lowest BCUT2D eigenvalue weighted by Gasteiger charge is -2.03. The van der Waals surface area contributed by atoms with Crippen molar-refractivity contribution in [3.8, 4) is 0 Å². The molecule has 116 valence electrons. The first-order valence-electron chi connectivity index (χ1n) is 6.74. The molecule has 0 unspecified atom stereocenters. The molecular weight excluding hydrogens is 353 g/mol. The molecule has 7 heteroatoms. The molecule has 3 aromatic rings. The van der Waals surface area contributed by atoms with E-state index < -0.39 is 0 Å². The minimum atomic E-state index is -0.361. The van der Waals surface area contributed by atoms with Gasteiger partial charge in [-0.2, -0.15) is 0 Å². The highest BCUT2D eigenvalue weighted by atomic mass is 35.5. The monoisotopic (exact) mass is 363 g/mol. The quantitative estimate of drug-likeness (QED) is 0.731. The van der Waals surface area contributed by atoms with Crippen LogP contribution in [0.1, 0.15) is 20.9 Å². The summed E-state index contributed by atoms with van der Waals surface area (Å²) in [4.78, 5) is 12.2. The summed E-state index contributed by atoms with van der Waals surface area (Å²) in [6.45, 7) is 0. The lowest BCUT2D eigenvalue weighted by atomic mass is 10.2. The van der Waals surface area contributed by atoms with Crippen molar-refractivity contribution in [1.29, 1.82) is 0 Å². The third-order valence-electron chi connectivity index (χ3n) is 3.06. The molecule has 0 saturated heterocycles. The minimum absolute atomic E-state index is 0.305. The van der Waals surface area contributed by atoms with Gasteiger partial charge in [0.2, 0.25) is 5.13 Å². The molecule has 0 spiro atoms. The first-order chi connectivity index (χ1) is 11.1. The molecule has 1 heterocycles. The Morgan fingerprint density at radius 3 is 2.65 bits per heavy atom. The van der Waals surface area contributed by atoms with E-state index in [1.165, 1.54) is 17.4 Å². The first-order valence-corrected chi connectivity index (χ1v) is 8.32. The van der Waals surface area contributed by atoms with E-state index in [0.29, 0.717) is 27.2 Å². The molecule has 0 aliphatic heterocycles. The Morgan fingerprint density at radius 1 is 1.09 bits per heavy atom. The molecule has 1 aromatic heterocycles. The van der Waals surface area contributed by atoms with Gasteiger partial charge in [0.15, 0.2) is 0 Å². The highest BCUT2D eigenvalue weighted by molar-refractivity contribution is 7.15. The SMILES string of the molecule is O=C(Nc1nnc(Cc2ccccc2)s1)c1cc(Cl)ccc1Cl. The maximum atomic E-state index is 12.2. The van der Waals surface area contributed by atoms with Crippen molar-refractivity contribution < 1.29 is 4.79 Å². The van der Waals surface area contributed by atoms with Gasteiger partial charge < -0.3 is 0 Å². The van der Waals surface area contributed by atoms with Crippen molar-refractivity contribution in [3.05, 3.63) is 74.7 Å². The van der Waals surface area contributed by atoms with E-state index in [-0.39, 0.29) is 5.91 Å². The fraction of sp³-hybridized carbons (Fsp3) is 0.0625. The minimum Gasteiger partial charge on any atom is -0.296 e. The van der Waals surface area contributed by atoms with Gasteiger partial charge in [-0.25, -0.2) is 0 Å². The second kappa shape index (κ2) is 7.08. The van der Waals surface area contributed by atoms with Crippen LogP contribution in [0.2, 0.25) is 10.0 Å². The van der Waals surface area contributed by atoms with E-state index in [2.05, 4.69) is 15.5 Å². The average molecular weight is 364 g/mol. The predicted molar refractivity (Wildman–Crippen MR) is 93.6 cm³/mol. The van der Waals surface area contributed by atoms with E-state index in [0.717, 1.165) is 10.6 Å². The van der Waals surface area contributed by atoms with Crippen LogP contribution in [0, 0.1) is 0 Å². The van der Waals surface area contributed by atoms with Crippen molar-refractivity contribution in [2.24, 2.45) is 0 Å². The molecule has 0 aliphatic rings. The summed E-state index contributed by atoms with van der Waals surface area (Å²) >= 11 is 13.2. The van der Waals surface area contributed by atoms with Crippen LogP contribution in [0.3, 0.4) is 0 Å². The number of carbonyl (C=O) groups excluding carboxylic acids is 1. The summed E-state index contributed by atoms with van der Waals surface area (Å²) in [7, 11) is 0. The van der Waals surface area contributed by atoms with Gasteiger partial charge in [0, 0.05) is 11.4 Å². The molecular formula is C16H11Cl2N3OS. The molecule has 2 aromatic carbocycles. The summed E-state index contributed by atoms with van der Waals surface area (Å²) in [6.07, 6.45) is 0.673. The van der Waals surface area contributed by atoms with Gasteiger partial charge in [-0.1, -0.05) is 64.9 Å². The Labute approximate surface area is 147 Å². The van der Waals surface area contributed by atoms with Crippen LogP contribution in [0.15, 0.2) is 48.5 Å². The second-order valence-corrected chi connectivity index (χ2v) is 6.65. The normalized spacial score (nSPS) is 10.5. The third-order valence-corrected chi connectivity index (χ3v) is 4.46. The van der Waals surface area contributed by atoms with Gasteiger partial charge in [-0.05, 0) is 23.8 Å². The summed E-state index contributed by atoms with van der Waals surface area (Å²) in [5.74, 6) is -0.361. The zero-order chi connectivity index (χ0) is 16.2. The van der Waals surface area contributed by atoms with Crippen molar-refractivity contribution in [3.63, 3.8) is 0 Å².